The van der Waals surface area contributed by atoms with E-state index in [9.17, 15) is 0 Å². The lowest BCUT2D eigenvalue weighted by Gasteiger charge is -2.35. The van der Waals surface area contributed by atoms with E-state index in [0.29, 0.717) is 6.54 Å². The first-order valence-electron chi connectivity index (χ1n) is 8.36. The minimum Gasteiger partial charge on any atom is -0.378 e. The van der Waals surface area contributed by atoms with Gasteiger partial charge in [0, 0.05) is 19.6 Å². The molecule has 1 unspecified atom stereocenters. The average Bonchev–Trinajstić information content (AvgIpc) is 2.99. The molecule has 21 heavy (non-hydrogen) atoms. The van der Waals surface area contributed by atoms with Crippen molar-refractivity contribution in [3.8, 4) is 0 Å². The van der Waals surface area contributed by atoms with Crippen LogP contribution in [-0.4, -0.2) is 29.4 Å². The molecule has 1 aliphatic heterocycles. The van der Waals surface area contributed by atoms with Gasteiger partial charge in [-0.1, -0.05) is 12.1 Å². The molecule has 2 aliphatic rings. The Labute approximate surface area is 126 Å². The summed E-state index contributed by atoms with van der Waals surface area (Å²) in [6.45, 7) is 3.77. The molecular formula is C16H27N3O2. The molecule has 1 aromatic rings. The van der Waals surface area contributed by atoms with Crippen molar-refractivity contribution in [3.63, 3.8) is 0 Å². The summed E-state index contributed by atoms with van der Waals surface area (Å²) in [6.07, 6.45) is 9.04. The number of hydrogen-bond donors (Lipinski definition) is 1. The lowest BCUT2D eigenvalue weighted by Crippen LogP contribution is -2.39. The Kier molecular flexibility index (Phi) is 4.60. The highest BCUT2D eigenvalue weighted by molar-refractivity contribution is 5.08. The van der Waals surface area contributed by atoms with Crippen LogP contribution in [0.5, 0.6) is 0 Å². The van der Waals surface area contributed by atoms with E-state index < -0.39 is 0 Å². The van der Waals surface area contributed by atoms with Crippen molar-refractivity contribution in [3.05, 3.63) is 11.7 Å². The predicted molar refractivity (Wildman–Crippen MR) is 80.0 cm³/mol. The van der Waals surface area contributed by atoms with Gasteiger partial charge in [-0.25, -0.2) is 0 Å². The molecule has 0 bridgehead atoms. The van der Waals surface area contributed by atoms with Gasteiger partial charge in [0.25, 0.3) is 0 Å². The summed E-state index contributed by atoms with van der Waals surface area (Å²) in [5, 5.41) is 4.18. The van der Waals surface area contributed by atoms with Gasteiger partial charge in [-0.15, -0.1) is 0 Å². The van der Waals surface area contributed by atoms with Crippen molar-refractivity contribution in [1.82, 2.24) is 10.1 Å². The van der Waals surface area contributed by atoms with Gasteiger partial charge in [0.05, 0.1) is 11.5 Å². The number of rotatable bonds is 4. The zero-order valence-electron chi connectivity index (χ0n) is 13.0. The van der Waals surface area contributed by atoms with Crippen LogP contribution in [0.3, 0.4) is 0 Å². The summed E-state index contributed by atoms with van der Waals surface area (Å²) < 4.78 is 11.3. The standard InChI is InChI=1S/C16H27N3O2/c1-12-5-7-16(11-17,8-6-12)15-18-14(19-21-15)10-13-4-2-3-9-20-13/h12-13H,2-11,17H2,1H3. The van der Waals surface area contributed by atoms with E-state index in [4.69, 9.17) is 15.0 Å². The SMILES string of the molecule is CC1CCC(CN)(c2nc(CC3CCCCO3)no2)CC1. The van der Waals surface area contributed by atoms with Crippen LogP contribution < -0.4 is 5.73 Å². The van der Waals surface area contributed by atoms with Crippen molar-refractivity contribution in [2.45, 2.75) is 69.8 Å². The molecule has 2 heterocycles. The second-order valence-electron chi connectivity index (χ2n) is 6.88. The van der Waals surface area contributed by atoms with Crippen LogP contribution in [0.15, 0.2) is 4.52 Å². The molecule has 1 aromatic heterocycles. The molecule has 0 spiro atoms. The van der Waals surface area contributed by atoms with E-state index in [1.165, 1.54) is 25.7 Å². The summed E-state index contributed by atoms with van der Waals surface area (Å²) in [6, 6.07) is 0. The fourth-order valence-corrected chi connectivity index (χ4v) is 3.54. The van der Waals surface area contributed by atoms with Gasteiger partial charge in [-0.3, -0.25) is 0 Å². The average molecular weight is 293 g/mol. The van der Waals surface area contributed by atoms with E-state index >= 15 is 0 Å². The summed E-state index contributed by atoms with van der Waals surface area (Å²) in [4.78, 5) is 4.66. The first-order valence-corrected chi connectivity index (χ1v) is 8.36. The first kappa shape index (κ1) is 15.0. The summed E-state index contributed by atoms with van der Waals surface area (Å²) in [7, 11) is 0. The molecular weight excluding hydrogens is 266 g/mol. The van der Waals surface area contributed by atoms with Crippen LogP contribution in [0, 0.1) is 5.92 Å². The third-order valence-corrected chi connectivity index (χ3v) is 5.23. The molecule has 3 rings (SSSR count). The van der Waals surface area contributed by atoms with E-state index in [2.05, 4.69) is 17.1 Å². The molecule has 5 heteroatoms. The molecule has 1 saturated carbocycles. The fraction of sp³-hybridized carbons (Fsp3) is 0.875. The minimum absolute atomic E-state index is 0.0921. The first-order chi connectivity index (χ1) is 10.2. The molecule has 0 radical (unpaired) electrons. The summed E-state index contributed by atoms with van der Waals surface area (Å²) >= 11 is 0. The quantitative estimate of drug-likeness (QED) is 0.923. The highest BCUT2D eigenvalue weighted by Gasteiger charge is 2.39. The zero-order valence-corrected chi connectivity index (χ0v) is 13.0. The third kappa shape index (κ3) is 3.29. The van der Waals surface area contributed by atoms with Gasteiger partial charge < -0.3 is 15.0 Å². The molecule has 1 atom stereocenters. The van der Waals surface area contributed by atoms with Gasteiger partial charge in [-0.05, 0) is 50.9 Å². The molecule has 1 saturated heterocycles. The Balaban J connectivity index is 1.68. The molecule has 2 N–H and O–H groups in total. The van der Waals surface area contributed by atoms with E-state index in [1.807, 2.05) is 0 Å². The molecule has 0 aromatic carbocycles. The Morgan fingerprint density at radius 1 is 1.24 bits per heavy atom. The Bertz CT molecular complexity index is 446. The van der Waals surface area contributed by atoms with Crippen LogP contribution in [0.1, 0.15) is 63.6 Å². The van der Waals surface area contributed by atoms with Gasteiger partial charge in [-0.2, -0.15) is 4.98 Å². The lowest BCUT2D eigenvalue weighted by atomic mass is 9.71. The number of hydrogen-bond acceptors (Lipinski definition) is 5. The largest absolute Gasteiger partial charge is 0.378 e. The number of aromatic nitrogens is 2. The van der Waals surface area contributed by atoms with Crippen molar-refractivity contribution < 1.29 is 9.26 Å². The Morgan fingerprint density at radius 3 is 2.71 bits per heavy atom. The molecule has 0 amide bonds. The van der Waals surface area contributed by atoms with Crippen molar-refractivity contribution in [2.75, 3.05) is 13.2 Å². The van der Waals surface area contributed by atoms with Crippen LogP contribution in [0.2, 0.25) is 0 Å². The zero-order chi connectivity index (χ0) is 14.7. The minimum atomic E-state index is -0.0921. The van der Waals surface area contributed by atoms with Crippen LogP contribution in [-0.2, 0) is 16.6 Å². The number of nitrogens with zero attached hydrogens (tertiary/aromatic N) is 2. The monoisotopic (exact) mass is 293 g/mol. The fourth-order valence-electron chi connectivity index (χ4n) is 3.54. The van der Waals surface area contributed by atoms with Crippen LogP contribution in [0.25, 0.3) is 0 Å². The van der Waals surface area contributed by atoms with Gasteiger partial charge in [0.1, 0.15) is 0 Å². The van der Waals surface area contributed by atoms with Crippen LogP contribution in [0.4, 0.5) is 0 Å². The lowest BCUT2D eigenvalue weighted by molar-refractivity contribution is 0.0153. The third-order valence-electron chi connectivity index (χ3n) is 5.23. The highest BCUT2D eigenvalue weighted by atomic mass is 16.5. The maximum absolute atomic E-state index is 6.06. The second kappa shape index (κ2) is 6.44. The molecule has 1 aliphatic carbocycles. The topological polar surface area (TPSA) is 74.2 Å². The smallest absolute Gasteiger partial charge is 0.234 e. The number of ether oxygens (including phenoxy) is 1. The predicted octanol–water partition coefficient (Wildman–Crippen LogP) is 2.59. The van der Waals surface area contributed by atoms with Crippen LogP contribution >= 0.6 is 0 Å². The van der Waals surface area contributed by atoms with Crippen molar-refractivity contribution >= 4 is 0 Å². The Morgan fingerprint density at radius 2 is 2.05 bits per heavy atom. The molecule has 5 nitrogen and oxygen atoms in total. The van der Waals surface area contributed by atoms with Gasteiger partial charge in [0.15, 0.2) is 5.82 Å². The van der Waals surface area contributed by atoms with E-state index in [1.54, 1.807) is 0 Å². The maximum atomic E-state index is 6.06. The summed E-state index contributed by atoms with van der Waals surface area (Å²) in [5.74, 6) is 2.31. The Hall–Kier alpha value is -0.940. The molecule has 2 fully saturated rings. The van der Waals surface area contributed by atoms with Crippen molar-refractivity contribution in [2.24, 2.45) is 11.7 Å². The van der Waals surface area contributed by atoms with Gasteiger partial charge in [0.2, 0.25) is 5.89 Å². The molecule has 118 valence electrons. The van der Waals surface area contributed by atoms with E-state index in [0.717, 1.165) is 49.9 Å². The van der Waals surface area contributed by atoms with E-state index in [-0.39, 0.29) is 11.5 Å². The van der Waals surface area contributed by atoms with Gasteiger partial charge >= 0.3 is 0 Å². The summed E-state index contributed by atoms with van der Waals surface area (Å²) in [5.41, 5.74) is 5.96. The number of nitrogens with two attached hydrogens (primary N) is 1. The van der Waals surface area contributed by atoms with Crippen molar-refractivity contribution in [1.29, 1.82) is 0 Å². The normalized spacial score (nSPS) is 34.0. The maximum Gasteiger partial charge on any atom is 0.234 e. The second-order valence-corrected chi connectivity index (χ2v) is 6.88. The highest BCUT2D eigenvalue weighted by Crippen LogP contribution is 2.40.